The molecule has 116 valence electrons. The Morgan fingerprint density at radius 3 is 2.83 bits per heavy atom. The van der Waals surface area contributed by atoms with Crippen LogP contribution in [0.1, 0.15) is 25.0 Å². The summed E-state index contributed by atoms with van der Waals surface area (Å²) in [7, 11) is 0. The molecule has 0 aliphatic heterocycles. The van der Waals surface area contributed by atoms with Crippen LogP contribution in [0.15, 0.2) is 36.5 Å². The molecule has 1 aliphatic carbocycles. The molecule has 2 aromatic heterocycles. The first kappa shape index (κ1) is 14.3. The van der Waals surface area contributed by atoms with Crippen molar-refractivity contribution >= 4 is 11.6 Å². The zero-order valence-electron chi connectivity index (χ0n) is 12.9. The number of pyridine rings is 1. The Bertz CT molecular complexity index is 868. The number of nitrogens with zero attached hydrogens (tertiary/aromatic N) is 2. The Hall–Kier alpha value is -2.33. The Labute approximate surface area is 139 Å². The van der Waals surface area contributed by atoms with E-state index in [0.29, 0.717) is 5.15 Å². The van der Waals surface area contributed by atoms with Crippen LogP contribution in [0.2, 0.25) is 5.15 Å². The summed E-state index contributed by atoms with van der Waals surface area (Å²) in [5.74, 6) is 0.909. The fourth-order valence-corrected chi connectivity index (χ4v) is 3.12. The lowest BCUT2D eigenvalue weighted by atomic mass is 10.1. The van der Waals surface area contributed by atoms with Crippen LogP contribution in [0.5, 0.6) is 5.75 Å². The summed E-state index contributed by atoms with van der Waals surface area (Å²) in [6, 6.07) is 9.96. The van der Waals surface area contributed by atoms with E-state index in [0.717, 1.165) is 29.1 Å². The highest BCUT2D eigenvalue weighted by Gasteiger charge is 2.25. The molecule has 2 heterocycles. The minimum Gasteiger partial charge on any atom is -0.491 e. The smallest absolute Gasteiger partial charge is 0.129 e. The van der Waals surface area contributed by atoms with Gasteiger partial charge in [-0.15, -0.1) is 0 Å². The summed E-state index contributed by atoms with van der Waals surface area (Å²) in [6.07, 6.45) is 2.77. The lowest BCUT2D eigenvalue weighted by Gasteiger charge is -2.11. The molecule has 0 saturated carbocycles. The van der Waals surface area contributed by atoms with E-state index in [4.69, 9.17) is 16.3 Å². The standard InChI is InChI=1S/C18H16ClN3O/c1-10(2)23-13-4-5-14-12(7-13)8-15-17(21-22-18(14)15)11-3-6-16(19)20-9-11/h3-7,9-10H,8H2,1-2H3,(H,21,22). The van der Waals surface area contributed by atoms with Gasteiger partial charge in [0.1, 0.15) is 10.9 Å². The Morgan fingerprint density at radius 1 is 1.22 bits per heavy atom. The summed E-state index contributed by atoms with van der Waals surface area (Å²) in [6.45, 7) is 4.07. The van der Waals surface area contributed by atoms with Crippen molar-refractivity contribution in [3.63, 3.8) is 0 Å². The molecule has 0 saturated heterocycles. The maximum Gasteiger partial charge on any atom is 0.129 e. The third kappa shape index (κ3) is 2.49. The van der Waals surface area contributed by atoms with Gasteiger partial charge in [0, 0.05) is 29.3 Å². The number of aromatic amines is 1. The average molecular weight is 326 g/mol. The SMILES string of the molecule is CC(C)Oc1ccc2c(c1)Cc1c(-c3ccc(Cl)nc3)n[nH]c1-2. The van der Waals surface area contributed by atoms with Gasteiger partial charge in [-0.1, -0.05) is 11.6 Å². The second-order valence-electron chi connectivity index (χ2n) is 5.96. The molecule has 0 fully saturated rings. The Kier molecular flexibility index (Phi) is 3.34. The highest BCUT2D eigenvalue weighted by molar-refractivity contribution is 6.29. The molecule has 0 bridgehead atoms. The monoisotopic (exact) mass is 325 g/mol. The fourth-order valence-electron chi connectivity index (χ4n) is 3.01. The Morgan fingerprint density at radius 2 is 2.09 bits per heavy atom. The largest absolute Gasteiger partial charge is 0.491 e. The zero-order valence-corrected chi connectivity index (χ0v) is 13.7. The van der Waals surface area contributed by atoms with Gasteiger partial charge in [-0.2, -0.15) is 5.10 Å². The second kappa shape index (κ2) is 5.39. The minimum atomic E-state index is 0.171. The van der Waals surface area contributed by atoms with E-state index in [1.165, 1.54) is 16.7 Å². The molecule has 4 rings (SSSR count). The van der Waals surface area contributed by atoms with Crippen LogP contribution in [-0.4, -0.2) is 21.3 Å². The number of fused-ring (bicyclic) bond motifs is 3. The van der Waals surface area contributed by atoms with Gasteiger partial charge < -0.3 is 4.74 Å². The van der Waals surface area contributed by atoms with Crippen LogP contribution in [0, 0.1) is 0 Å². The zero-order chi connectivity index (χ0) is 16.0. The van der Waals surface area contributed by atoms with Crippen molar-refractivity contribution in [2.45, 2.75) is 26.4 Å². The lowest BCUT2D eigenvalue weighted by molar-refractivity contribution is 0.242. The maximum atomic E-state index is 5.87. The van der Waals surface area contributed by atoms with E-state index in [9.17, 15) is 0 Å². The summed E-state index contributed by atoms with van der Waals surface area (Å²) < 4.78 is 5.79. The molecule has 1 aliphatic rings. The highest BCUT2D eigenvalue weighted by atomic mass is 35.5. The summed E-state index contributed by atoms with van der Waals surface area (Å²) >= 11 is 5.87. The van der Waals surface area contributed by atoms with E-state index in [2.05, 4.69) is 27.3 Å². The van der Waals surface area contributed by atoms with Gasteiger partial charge in [0.15, 0.2) is 0 Å². The van der Waals surface area contributed by atoms with E-state index in [1.54, 1.807) is 12.3 Å². The van der Waals surface area contributed by atoms with Crippen LogP contribution >= 0.6 is 11.6 Å². The molecule has 5 heteroatoms. The number of aromatic nitrogens is 3. The van der Waals surface area contributed by atoms with Crippen LogP contribution < -0.4 is 4.74 Å². The number of hydrogen-bond acceptors (Lipinski definition) is 3. The van der Waals surface area contributed by atoms with Crippen LogP contribution in [-0.2, 0) is 6.42 Å². The fraction of sp³-hybridized carbons (Fsp3) is 0.222. The first-order valence-corrected chi connectivity index (χ1v) is 7.98. The summed E-state index contributed by atoms with van der Waals surface area (Å²) in [5, 5.41) is 8.12. The van der Waals surface area contributed by atoms with E-state index >= 15 is 0 Å². The molecule has 4 nitrogen and oxygen atoms in total. The number of rotatable bonds is 3. The van der Waals surface area contributed by atoms with Crippen LogP contribution in [0.4, 0.5) is 0 Å². The first-order valence-electron chi connectivity index (χ1n) is 7.61. The third-order valence-electron chi connectivity index (χ3n) is 3.95. The number of halogens is 1. The average Bonchev–Trinajstić information content (AvgIpc) is 3.06. The van der Waals surface area contributed by atoms with E-state index in [1.807, 2.05) is 26.0 Å². The molecule has 0 unspecified atom stereocenters. The molecule has 0 spiro atoms. The van der Waals surface area contributed by atoms with Crippen molar-refractivity contribution < 1.29 is 4.74 Å². The summed E-state index contributed by atoms with van der Waals surface area (Å²) in [5.41, 5.74) is 6.64. The molecule has 23 heavy (non-hydrogen) atoms. The molecule has 1 N–H and O–H groups in total. The van der Waals surface area contributed by atoms with E-state index < -0.39 is 0 Å². The molecule has 1 aromatic carbocycles. The van der Waals surface area contributed by atoms with Gasteiger partial charge in [0.25, 0.3) is 0 Å². The predicted molar refractivity (Wildman–Crippen MR) is 90.8 cm³/mol. The molecule has 3 aromatic rings. The van der Waals surface area contributed by atoms with Crippen molar-refractivity contribution in [1.29, 1.82) is 0 Å². The number of hydrogen-bond donors (Lipinski definition) is 1. The molecule has 0 atom stereocenters. The normalized spacial score (nSPS) is 12.3. The van der Waals surface area contributed by atoms with Gasteiger partial charge in [0.05, 0.1) is 17.5 Å². The quantitative estimate of drug-likeness (QED) is 0.565. The predicted octanol–water partition coefficient (Wildman–Crippen LogP) is 4.48. The van der Waals surface area contributed by atoms with Crippen LogP contribution in [0.3, 0.4) is 0 Å². The molecular formula is C18H16ClN3O. The molecule has 0 radical (unpaired) electrons. The van der Waals surface area contributed by atoms with Crippen molar-refractivity contribution in [2.75, 3.05) is 0 Å². The third-order valence-corrected chi connectivity index (χ3v) is 4.18. The topological polar surface area (TPSA) is 50.8 Å². The molecule has 0 amide bonds. The highest BCUT2D eigenvalue weighted by Crippen LogP contribution is 2.41. The maximum absolute atomic E-state index is 5.87. The lowest BCUT2D eigenvalue weighted by Crippen LogP contribution is -2.05. The Balaban J connectivity index is 1.72. The first-order chi connectivity index (χ1) is 11.1. The van der Waals surface area contributed by atoms with Gasteiger partial charge >= 0.3 is 0 Å². The molecular weight excluding hydrogens is 310 g/mol. The van der Waals surface area contributed by atoms with Crippen molar-refractivity contribution in [3.05, 3.63) is 52.8 Å². The second-order valence-corrected chi connectivity index (χ2v) is 6.34. The van der Waals surface area contributed by atoms with Crippen LogP contribution in [0.25, 0.3) is 22.5 Å². The number of benzene rings is 1. The van der Waals surface area contributed by atoms with Gasteiger partial charge in [-0.05, 0) is 49.7 Å². The van der Waals surface area contributed by atoms with E-state index in [-0.39, 0.29) is 6.10 Å². The minimum absolute atomic E-state index is 0.171. The van der Waals surface area contributed by atoms with Crippen molar-refractivity contribution in [2.24, 2.45) is 0 Å². The number of nitrogens with one attached hydrogen (secondary N) is 1. The number of H-pyrrole nitrogens is 1. The number of ether oxygens (including phenoxy) is 1. The van der Waals surface area contributed by atoms with Gasteiger partial charge in [0.2, 0.25) is 0 Å². The summed E-state index contributed by atoms with van der Waals surface area (Å²) in [4.78, 5) is 4.15. The van der Waals surface area contributed by atoms with Crippen molar-refractivity contribution in [3.8, 4) is 28.3 Å². The van der Waals surface area contributed by atoms with Crippen molar-refractivity contribution in [1.82, 2.24) is 15.2 Å². The van der Waals surface area contributed by atoms with Gasteiger partial charge in [-0.3, -0.25) is 5.10 Å². The van der Waals surface area contributed by atoms with Gasteiger partial charge in [-0.25, -0.2) is 4.98 Å².